The molecule has 0 saturated carbocycles. The van der Waals surface area contributed by atoms with Crippen LogP contribution in [0.15, 0.2) is 0 Å². The minimum Gasteiger partial charge on any atom is -0.457 e. The molecule has 2 rings (SSSR count). The summed E-state index contributed by atoms with van der Waals surface area (Å²) >= 11 is 0. The summed E-state index contributed by atoms with van der Waals surface area (Å²) in [4.78, 5) is 12.4. The maximum absolute atomic E-state index is 12.4. The Hall–Kier alpha value is -1.01. The molecule has 0 amide bonds. The van der Waals surface area contributed by atoms with Crippen molar-refractivity contribution in [3.63, 3.8) is 0 Å². The maximum atomic E-state index is 12.4. The normalized spacial score (nSPS) is 33.3. The number of carbonyl (C=O) groups is 1. The van der Waals surface area contributed by atoms with Gasteiger partial charge in [0.15, 0.2) is 12.6 Å². The first kappa shape index (κ1) is 39.2. The van der Waals surface area contributed by atoms with Gasteiger partial charge in [-0.3, -0.25) is 4.79 Å². The van der Waals surface area contributed by atoms with E-state index in [2.05, 4.69) is 6.92 Å². The van der Waals surface area contributed by atoms with Gasteiger partial charge in [0.05, 0.1) is 26.4 Å². The predicted octanol–water partition coefficient (Wildman–Crippen LogP) is -0.114. The third-order valence-corrected chi connectivity index (χ3v) is 7.87. The van der Waals surface area contributed by atoms with Crippen molar-refractivity contribution >= 4 is 5.97 Å². The minimum absolute atomic E-state index is 0.0625. The molecular weight excluding hydrogens is 584 g/mol. The second kappa shape index (κ2) is 21.7. The van der Waals surface area contributed by atoms with E-state index in [-0.39, 0.29) is 19.6 Å². The van der Waals surface area contributed by atoms with Crippen molar-refractivity contribution in [1.82, 2.24) is 0 Å². The number of aliphatic hydroxyl groups excluding tert-OH is 7. The van der Waals surface area contributed by atoms with Crippen LogP contribution < -0.4 is 0 Å². The molecule has 2 saturated heterocycles. The smallest absolute Gasteiger partial charge is 0.306 e. The van der Waals surface area contributed by atoms with Crippen LogP contribution in [0.3, 0.4) is 0 Å². The van der Waals surface area contributed by atoms with Crippen LogP contribution in [0, 0.1) is 0 Å². The lowest BCUT2D eigenvalue weighted by Crippen LogP contribution is -2.61. The monoisotopic (exact) mass is 640 g/mol. The lowest BCUT2D eigenvalue weighted by atomic mass is 9.98. The average molecular weight is 641 g/mol. The molecule has 44 heavy (non-hydrogen) atoms. The Bertz CT molecular complexity index is 757. The first-order valence-corrected chi connectivity index (χ1v) is 16.1. The molecule has 0 aromatic rings. The third-order valence-electron chi connectivity index (χ3n) is 7.87. The second-order valence-corrected chi connectivity index (χ2v) is 11.6. The molecule has 11 atom stereocenters. The van der Waals surface area contributed by atoms with Crippen molar-refractivity contribution in [1.29, 1.82) is 0 Å². The Balaban J connectivity index is 1.91. The molecule has 0 aromatic carbocycles. The molecule has 0 spiro atoms. The van der Waals surface area contributed by atoms with Gasteiger partial charge in [0.25, 0.3) is 0 Å². The molecular formula is C30H56O14. The summed E-state index contributed by atoms with van der Waals surface area (Å²) in [6, 6.07) is 0. The van der Waals surface area contributed by atoms with Crippen LogP contribution in [-0.2, 0) is 33.2 Å². The number of aliphatic hydroxyl groups is 7. The summed E-state index contributed by atoms with van der Waals surface area (Å²) in [5, 5.41) is 70.9. The van der Waals surface area contributed by atoms with Crippen LogP contribution >= 0.6 is 0 Å². The molecule has 0 aromatic heterocycles. The van der Waals surface area contributed by atoms with Gasteiger partial charge < -0.3 is 64.2 Å². The Kier molecular flexibility index (Phi) is 19.3. The molecule has 2 fully saturated rings. The summed E-state index contributed by atoms with van der Waals surface area (Å²) in [5.74, 6) is -0.405. The Labute approximate surface area is 260 Å². The highest BCUT2D eigenvalue weighted by atomic mass is 16.7. The fourth-order valence-corrected chi connectivity index (χ4v) is 5.05. The van der Waals surface area contributed by atoms with Gasteiger partial charge in [-0.1, -0.05) is 65.2 Å². The Morgan fingerprint density at radius 2 is 1.20 bits per heavy atom. The molecule has 11 unspecified atom stereocenters. The van der Waals surface area contributed by atoms with Crippen LogP contribution in [-0.4, -0.2) is 142 Å². The minimum atomic E-state index is -1.69. The topological polar surface area (TPSA) is 214 Å². The summed E-state index contributed by atoms with van der Waals surface area (Å²) in [5.41, 5.74) is 0. The number of carbonyl (C=O) groups excluding carboxylic acids is 1. The molecule has 260 valence electrons. The van der Waals surface area contributed by atoms with Gasteiger partial charge in [0, 0.05) is 13.0 Å². The lowest BCUT2D eigenvalue weighted by Gasteiger charge is -2.42. The van der Waals surface area contributed by atoms with Crippen molar-refractivity contribution in [2.75, 3.05) is 33.0 Å². The molecule has 0 aliphatic carbocycles. The average Bonchev–Trinajstić information content (AvgIpc) is 3.01. The van der Waals surface area contributed by atoms with Crippen LogP contribution in [0.1, 0.15) is 84.5 Å². The SMILES string of the molecule is CCCCCCCCCOCC(COC1OC(COC2OC(CO)C(O)C(O)C2O)C(O)C(O)C1O)OC(=O)CCCCC. The van der Waals surface area contributed by atoms with Crippen LogP contribution in [0.2, 0.25) is 0 Å². The van der Waals surface area contributed by atoms with Gasteiger partial charge in [-0.15, -0.1) is 0 Å². The highest BCUT2D eigenvalue weighted by Gasteiger charge is 2.47. The zero-order valence-electron chi connectivity index (χ0n) is 26.2. The van der Waals surface area contributed by atoms with E-state index in [9.17, 15) is 40.5 Å². The molecule has 14 heteroatoms. The highest BCUT2D eigenvalue weighted by molar-refractivity contribution is 5.69. The molecule has 2 aliphatic rings. The molecule has 2 aliphatic heterocycles. The van der Waals surface area contributed by atoms with Crippen molar-refractivity contribution in [3.8, 4) is 0 Å². The van der Waals surface area contributed by atoms with Crippen LogP contribution in [0.4, 0.5) is 0 Å². The molecule has 7 N–H and O–H groups in total. The quantitative estimate of drug-likeness (QED) is 0.0608. The zero-order chi connectivity index (χ0) is 32.5. The van der Waals surface area contributed by atoms with E-state index < -0.39 is 86.7 Å². The largest absolute Gasteiger partial charge is 0.457 e. The van der Waals surface area contributed by atoms with E-state index in [1.807, 2.05) is 6.92 Å². The molecule has 0 bridgehead atoms. The fourth-order valence-electron chi connectivity index (χ4n) is 5.05. The summed E-state index contributed by atoms with van der Waals surface area (Å²) in [6.07, 6.45) is -5.42. The Morgan fingerprint density at radius 1 is 0.659 bits per heavy atom. The van der Waals surface area contributed by atoms with Gasteiger partial charge >= 0.3 is 5.97 Å². The standard InChI is InChI=1S/C30H56O14/c1-3-5-7-8-9-10-12-14-39-16-19(42-22(32)13-11-6-4-2)17-40-29-28(38)26(36)24(34)21(44-29)18-41-30-27(37)25(35)23(33)20(15-31)43-30/h19-21,23-31,33-38H,3-18H2,1-2H3. The zero-order valence-corrected chi connectivity index (χ0v) is 26.2. The van der Waals surface area contributed by atoms with Gasteiger partial charge in [-0.2, -0.15) is 0 Å². The number of rotatable bonds is 22. The number of esters is 1. The fraction of sp³-hybridized carbons (Fsp3) is 0.967. The van der Waals surface area contributed by atoms with E-state index >= 15 is 0 Å². The van der Waals surface area contributed by atoms with E-state index in [0.29, 0.717) is 13.0 Å². The molecule has 0 radical (unpaired) electrons. The predicted molar refractivity (Wildman–Crippen MR) is 155 cm³/mol. The van der Waals surface area contributed by atoms with Crippen LogP contribution in [0.25, 0.3) is 0 Å². The second-order valence-electron chi connectivity index (χ2n) is 11.6. The Morgan fingerprint density at radius 3 is 1.84 bits per heavy atom. The summed E-state index contributed by atoms with van der Waals surface area (Å²) in [7, 11) is 0. The molecule has 2 heterocycles. The van der Waals surface area contributed by atoms with E-state index in [4.69, 9.17) is 28.4 Å². The highest BCUT2D eigenvalue weighted by Crippen LogP contribution is 2.26. The van der Waals surface area contributed by atoms with Crippen LogP contribution in [0.5, 0.6) is 0 Å². The van der Waals surface area contributed by atoms with Crippen molar-refractivity contribution < 1.29 is 69.0 Å². The van der Waals surface area contributed by atoms with Crippen molar-refractivity contribution in [3.05, 3.63) is 0 Å². The van der Waals surface area contributed by atoms with Gasteiger partial charge in [0.1, 0.15) is 54.9 Å². The summed E-state index contributed by atoms with van der Waals surface area (Å²) in [6.45, 7) is 3.41. The first-order valence-electron chi connectivity index (χ1n) is 16.1. The van der Waals surface area contributed by atoms with Crippen molar-refractivity contribution in [2.24, 2.45) is 0 Å². The third kappa shape index (κ3) is 13.0. The van der Waals surface area contributed by atoms with Gasteiger partial charge in [-0.25, -0.2) is 0 Å². The maximum Gasteiger partial charge on any atom is 0.306 e. The van der Waals surface area contributed by atoms with Gasteiger partial charge in [0.2, 0.25) is 0 Å². The van der Waals surface area contributed by atoms with Crippen molar-refractivity contribution in [2.45, 2.75) is 152 Å². The van der Waals surface area contributed by atoms with E-state index in [1.165, 1.54) is 25.7 Å². The number of ether oxygens (including phenoxy) is 6. The molecule has 14 nitrogen and oxygen atoms in total. The number of hydrogen-bond donors (Lipinski definition) is 7. The lowest BCUT2D eigenvalue weighted by molar-refractivity contribution is -0.332. The van der Waals surface area contributed by atoms with Gasteiger partial charge in [-0.05, 0) is 12.8 Å². The van der Waals surface area contributed by atoms with E-state index in [0.717, 1.165) is 32.1 Å². The number of unbranched alkanes of at least 4 members (excludes halogenated alkanes) is 8. The first-order chi connectivity index (χ1) is 21.1. The number of hydrogen-bond acceptors (Lipinski definition) is 14. The summed E-state index contributed by atoms with van der Waals surface area (Å²) < 4.78 is 33.4. The van der Waals surface area contributed by atoms with E-state index in [1.54, 1.807) is 0 Å².